The average Bonchev–Trinajstić information content (AvgIpc) is 2.75. The van der Waals surface area contributed by atoms with Crippen molar-refractivity contribution in [1.29, 1.82) is 0 Å². The fourth-order valence-electron chi connectivity index (χ4n) is 2.63. The van der Waals surface area contributed by atoms with Gasteiger partial charge in [0.15, 0.2) is 11.5 Å². The summed E-state index contributed by atoms with van der Waals surface area (Å²) in [6.45, 7) is 0. The van der Waals surface area contributed by atoms with E-state index >= 15 is 0 Å². The Kier molecular flexibility index (Phi) is 5.11. The molecule has 4 aromatic carbocycles. The van der Waals surface area contributed by atoms with Gasteiger partial charge in [-0.2, -0.15) is 0 Å². The molecule has 138 valence electrons. The van der Waals surface area contributed by atoms with Crippen LogP contribution >= 0.6 is 0 Å². The molecule has 0 saturated carbocycles. The van der Waals surface area contributed by atoms with Gasteiger partial charge in [0.05, 0.1) is 0 Å². The van der Waals surface area contributed by atoms with Gasteiger partial charge in [0, 0.05) is 0 Å². The molecule has 4 aromatic rings. The van der Waals surface area contributed by atoms with Gasteiger partial charge in [-0.05, 0) is 48.5 Å². The first-order valence-corrected chi connectivity index (χ1v) is 8.84. The number of hydrogen-bond donors (Lipinski definition) is 1. The van der Waals surface area contributed by atoms with E-state index in [0.717, 1.165) is 0 Å². The molecule has 0 unspecified atom stereocenters. The summed E-state index contributed by atoms with van der Waals surface area (Å²) in [6, 6.07) is 31.1. The normalized spacial score (nSPS) is 10.3. The highest BCUT2D eigenvalue weighted by molar-refractivity contribution is 5.61. The molecule has 4 heteroatoms. The van der Waals surface area contributed by atoms with Crippen molar-refractivity contribution >= 4 is 0 Å². The molecule has 0 spiro atoms. The molecule has 0 amide bonds. The molecular formula is C24H18O4. The van der Waals surface area contributed by atoms with Crippen molar-refractivity contribution in [3.05, 3.63) is 103 Å². The Labute approximate surface area is 163 Å². The average molecular weight is 370 g/mol. The standard InChI is InChI=1S/C24H18O4/c25-23-21(26-18-10-4-1-5-11-18)16-17-22(27-19-12-6-2-7-13-19)24(23)28-20-14-8-3-9-15-20/h1-17,25H. The number of ether oxygens (including phenoxy) is 3. The van der Waals surface area contributed by atoms with Crippen LogP contribution in [-0.4, -0.2) is 5.11 Å². The number of rotatable bonds is 6. The smallest absolute Gasteiger partial charge is 0.215 e. The quantitative estimate of drug-likeness (QED) is 0.407. The van der Waals surface area contributed by atoms with Gasteiger partial charge in [-0.25, -0.2) is 0 Å². The van der Waals surface area contributed by atoms with E-state index in [2.05, 4.69) is 0 Å². The summed E-state index contributed by atoms with van der Waals surface area (Å²) in [6.07, 6.45) is 0. The first-order chi connectivity index (χ1) is 13.8. The Morgan fingerprint density at radius 3 is 1.32 bits per heavy atom. The van der Waals surface area contributed by atoms with E-state index in [-0.39, 0.29) is 17.2 Å². The summed E-state index contributed by atoms with van der Waals surface area (Å²) in [5.41, 5.74) is 0. The fraction of sp³-hybridized carbons (Fsp3) is 0. The molecule has 4 rings (SSSR count). The van der Waals surface area contributed by atoms with Crippen LogP contribution in [-0.2, 0) is 0 Å². The molecule has 0 fully saturated rings. The second-order valence-electron chi connectivity index (χ2n) is 5.98. The van der Waals surface area contributed by atoms with Crippen LogP contribution in [0.25, 0.3) is 0 Å². The number of phenols is 1. The minimum Gasteiger partial charge on any atom is -0.502 e. The van der Waals surface area contributed by atoms with Crippen molar-refractivity contribution in [2.75, 3.05) is 0 Å². The molecule has 4 nitrogen and oxygen atoms in total. The first-order valence-electron chi connectivity index (χ1n) is 8.84. The van der Waals surface area contributed by atoms with Gasteiger partial charge in [-0.15, -0.1) is 0 Å². The van der Waals surface area contributed by atoms with Gasteiger partial charge in [0.25, 0.3) is 0 Å². The van der Waals surface area contributed by atoms with E-state index in [1.54, 1.807) is 24.3 Å². The van der Waals surface area contributed by atoms with Crippen molar-refractivity contribution in [3.63, 3.8) is 0 Å². The van der Waals surface area contributed by atoms with Crippen LogP contribution in [0.1, 0.15) is 0 Å². The van der Waals surface area contributed by atoms with Crippen LogP contribution in [0.5, 0.6) is 40.2 Å². The largest absolute Gasteiger partial charge is 0.502 e. The highest BCUT2D eigenvalue weighted by Crippen LogP contribution is 2.47. The number of aromatic hydroxyl groups is 1. The van der Waals surface area contributed by atoms with E-state index in [4.69, 9.17) is 14.2 Å². The van der Waals surface area contributed by atoms with Crippen molar-refractivity contribution in [2.24, 2.45) is 0 Å². The number of para-hydroxylation sites is 3. The SMILES string of the molecule is Oc1c(Oc2ccccc2)ccc(Oc2ccccc2)c1Oc1ccccc1. The fourth-order valence-corrected chi connectivity index (χ4v) is 2.63. The summed E-state index contributed by atoms with van der Waals surface area (Å²) >= 11 is 0. The van der Waals surface area contributed by atoms with Crippen LogP contribution in [0.3, 0.4) is 0 Å². The summed E-state index contributed by atoms with van der Waals surface area (Å²) < 4.78 is 17.7. The summed E-state index contributed by atoms with van der Waals surface area (Å²) in [7, 11) is 0. The molecule has 0 aromatic heterocycles. The molecule has 0 aliphatic heterocycles. The van der Waals surface area contributed by atoms with Crippen molar-refractivity contribution in [2.45, 2.75) is 0 Å². The van der Waals surface area contributed by atoms with Gasteiger partial charge in [-0.3, -0.25) is 0 Å². The Bertz CT molecular complexity index is 1030. The van der Waals surface area contributed by atoms with E-state index < -0.39 is 0 Å². The zero-order valence-electron chi connectivity index (χ0n) is 15.0. The Hall–Kier alpha value is -3.92. The maximum atomic E-state index is 10.8. The van der Waals surface area contributed by atoms with Gasteiger partial charge in [0.1, 0.15) is 17.2 Å². The summed E-state index contributed by atoms with van der Waals surface area (Å²) in [4.78, 5) is 0. The molecule has 0 saturated heterocycles. The highest BCUT2D eigenvalue weighted by Gasteiger charge is 2.19. The van der Waals surface area contributed by atoms with E-state index in [1.165, 1.54) is 0 Å². The zero-order valence-corrected chi connectivity index (χ0v) is 15.0. The maximum Gasteiger partial charge on any atom is 0.215 e. The molecule has 0 heterocycles. The van der Waals surface area contributed by atoms with Crippen LogP contribution in [0.4, 0.5) is 0 Å². The van der Waals surface area contributed by atoms with E-state index in [0.29, 0.717) is 23.0 Å². The topological polar surface area (TPSA) is 47.9 Å². The predicted molar refractivity (Wildman–Crippen MR) is 108 cm³/mol. The summed E-state index contributed by atoms with van der Waals surface area (Å²) in [5.74, 6) is 2.53. The molecule has 0 atom stereocenters. The third-order valence-corrected chi connectivity index (χ3v) is 3.96. The lowest BCUT2D eigenvalue weighted by Gasteiger charge is -2.16. The molecule has 28 heavy (non-hydrogen) atoms. The predicted octanol–water partition coefficient (Wildman–Crippen LogP) is 6.77. The molecule has 0 bridgehead atoms. The van der Waals surface area contributed by atoms with Crippen molar-refractivity contribution < 1.29 is 19.3 Å². The maximum absolute atomic E-state index is 10.8. The third kappa shape index (κ3) is 4.07. The monoisotopic (exact) mass is 370 g/mol. The summed E-state index contributed by atoms with van der Waals surface area (Å²) in [5, 5.41) is 10.8. The van der Waals surface area contributed by atoms with Gasteiger partial charge in [0.2, 0.25) is 11.5 Å². The minimum atomic E-state index is -0.138. The minimum absolute atomic E-state index is 0.138. The Balaban J connectivity index is 1.71. The van der Waals surface area contributed by atoms with E-state index in [9.17, 15) is 5.11 Å². The second kappa shape index (κ2) is 8.18. The number of hydrogen-bond acceptors (Lipinski definition) is 4. The lowest BCUT2D eigenvalue weighted by atomic mass is 10.2. The Morgan fingerprint density at radius 1 is 0.429 bits per heavy atom. The van der Waals surface area contributed by atoms with Gasteiger partial charge < -0.3 is 19.3 Å². The number of benzene rings is 4. The van der Waals surface area contributed by atoms with Crippen LogP contribution in [0.15, 0.2) is 103 Å². The van der Waals surface area contributed by atoms with Crippen LogP contribution in [0.2, 0.25) is 0 Å². The lowest BCUT2D eigenvalue weighted by molar-refractivity contribution is 0.359. The second-order valence-corrected chi connectivity index (χ2v) is 5.98. The first kappa shape index (κ1) is 17.5. The molecule has 1 N–H and O–H groups in total. The van der Waals surface area contributed by atoms with Crippen LogP contribution < -0.4 is 14.2 Å². The zero-order chi connectivity index (χ0) is 19.2. The highest BCUT2D eigenvalue weighted by atomic mass is 16.5. The van der Waals surface area contributed by atoms with Crippen molar-refractivity contribution in [1.82, 2.24) is 0 Å². The van der Waals surface area contributed by atoms with E-state index in [1.807, 2.05) is 78.9 Å². The molecular weight excluding hydrogens is 352 g/mol. The van der Waals surface area contributed by atoms with Crippen molar-refractivity contribution in [3.8, 4) is 40.2 Å². The molecule has 0 aliphatic rings. The van der Waals surface area contributed by atoms with Crippen LogP contribution in [0, 0.1) is 0 Å². The third-order valence-electron chi connectivity index (χ3n) is 3.96. The molecule has 0 radical (unpaired) electrons. The lowest BCUT2D eigenvalue weighted by Crippen LogP contribution is -1.93. The number of phenolic OH excluding ortho intramolecular Hbond substituents is 1. The van der Waals surface area contributed by atoms with Gasteiger partial charge in [-0.1, -0.05) is 54.6 Å². The Morgan fingerprint density at radius 2 is 0.821 bits per heavy atom. The molecule has 0 aliphatic carbocycles. The van der Waals surface area contributed by atoms with Gasteiger partial charge >= 0.3 is 0 Å².